The predicted octanol–water partition coefficient (Wildman–Crippen LogP) is 1.43. The molecule has 2 unspecified atom stereocenters. The molecule has 1 aliphatic carbocycles. The van der Waals surface area contributed by atoms with Crippen LogP contribution in [0.1, 0.15) is 30.0 Å². The number of carboxylic acid groups (broad SMARTS) is 1. The standard InChI is InChI=1S/C11H11ClFNO2/c1-5-10(12)8(13)4-14-11(5)7-2-6(7)3-9(15)16/h4,6-7H,2-3H2,1H3,(H,15,16)/p-1. The average molecular weight is 243 g/mol. The molecule has 1 saturated carbocycles. The number of rotatable bonds is 3. The Bertz CT molecular complexity index is 450. The Hall–Kier alpha value is -1.16. The summed E-state index contributed by atoms with van der Waals surface area (Å²) in [6.07, 6.45) is 1.86. The van der Waals surface area contributed by atoms with Gasteiger partial charge in [-0.25, -0.2) is 4.39 Å². The first-order valence-corrected chi connectivity index (χ1v) is 5.38. The number of halogens is 2. The van der Waals surface area contributed by atoms with Crippen molar-refractivity contribution >= 4 is 17.6 Å². The van der Waals surface area contributed by atoms with Gasteiger partial charge >= 0.3 is 0 Å². The summed E-state index contributed by atoms with van der Waals surface area (Å²) in [5, 5.41) is 10.5. The van der Waals surface area contributed by atoms with E-state index in [-0.39, 0.29) is 23.3 Å². The Kier molecular flexibility index (Phi) is 2.84. The van der Waals surface area contributed by atoms with Gasteiger partial charge in [-0.3, -0.25) is 4.98 Å². The first-order chi connectivity index (χ1) is 7.50. The molecule has 1 heterocycles. The Morgan fingerprint density at radius 1 is 1.75 bits per heavy atom. The molecule has 86 valence electrons. The predicted molar refractivity (Wildman–Crippen MR) is 54.4 cm³/mol. The van der Waals surface area contributed by atoms with Crippen LogP contribution in [-0.2, 0) is 4.79 Å². The largest absolute Gasteiger partial charge is 0.550 e. The molecule has 0 aromatic carbocycles. The van der Waals surface area contributed by atoms with E-state index < -0.39 is 11.8 Å². The van der Waals surface area contributed by atoms with Crippen molar-refractivity contribution in [3.63, 3.8) is 0 Å². The van der Waals surface area contributed by atoms with Gasteiger partial charge < -0.3 is 9.90 Å². The minimum absolute atomic E-state index is 0.0286. The molecular formula is C11H10ClFNO2-. The summed E-state index contributed by atoms with van der Waals surface area (Å²) in [5.74, 6) is -1.47. The highest BCUT2D eigenvalue weighted by Crippen LogP contribution is 2.50. The SMILES string of the molecule is Cc1c(C2CC2CC(=O)[O-])ncc(F)c1Cl. The number of aliphatic carboxylic acids is 1. The van der Waals surface area contributed by atoms with Crippen LogP contribution in [0.15, 0.2) is 6.20 Å². The monoisotopic (exact) mass is 242 g/mol. The summed E-state index contributed by atoms with van der Waals surface area (Å²) < 4.78 is 13.1. The van der Waals surface area contributed by atoms with Gasteiger partial charge in [0.1, 0.15) is 0 Å². The fourth-order valence-corrected chi connectivity index (χ4v) is 2.11. The van der Waals surface area contributed by atoms with E-state index in [9.17, 15) is 14.3 Å². The maximum absolute atomic E-state index is 13.1. The van der Waals surface area contributed by atoms with E-state index in [1.54, 1.807) is 6.92 Å². The molecule has 0 bridgehead atoms. The molecule has 5 heteroatoms. The zero-order valence-corrected chi connectivity index (χ0v) is 9.42. The summed E-state index contributed by atoms with van der Waals surface area (Å²) in [7, 11) is 0. The van der Waals surface area contributed by atoms with Crippen LogP contribution in [0, 0.1) is 18.7 Å². The van der Waals surface area contributed by atoms with Gasteiger partial charge in [0.15, 0.2) is 5.82 Å². The van der Waals surface area contributed by atoms with Crippen molar-refractivity contribution in [3.05, 3.63) is 28.3 Å². The smallest absolute Gasteiger partial charge is 0.160 e. The van der Waals surface area contributed by atoms with Crippen molar-refractivity contribution in [1.82, 2.24) is 4.98 Å². The van der Waals surface area contributed by atoms with Gasteiger partial charge in [0.05, 0.1) is 11.2 Å². The average Bonchev–Trinajstić information content (AvgIpc) is 2.93. The normalized spacial score (nSPS) is 23.2. The van der Waals surface area contributed by atoms with E-state index in [1.807, 2.05) is 0 Å². The minimum atomic E-state index is -1.06. The summed E-state index contributed by atoms with van der Waals surface area (Å²) in [4.78, 5) is 14.4. The van der Waals surface area contributed by atoms with Gasteiger partial charge in [-0.2, -0.15) is 0 Å². The van der Waals surface area contributed by atoms with Gasteiger partial charge in [-0.15, -0.1) is 0 Å². The Morgan fingerprint density at radius 3 is 3.06 bits per heavy atom. The maximum atomic E-state index is 13.1. The van der Waals surface area contributed by atoms with E-state index in [0.29, 0.717) is 11.3 Å². The topological polar surface area (TPSA) is 53.0 Å². The fraction of sp³-hybridized carbons (Fsp3) is 0.455. The first-order valence-electron chi connectivity index (χ1n) is 5.01. The lowest BCUT2D eigenvalue weighted by atomic mass is 10.1. The maximum Gasteiger partial charge on any atom is 0.160 e. The molecule has 0 spiro atoms. The van der Waals surface area contributed by atoms with Crippen LogP contribution < -0.4 is 5.11 Å². The number of pyridine rings is 1. The molecule has 1 aromatic heterocycles. The molecule has 0 saturated heterocycles. The molecule has 1 aliphatic rings. The van der Waals surface area contributed by atoms with Crippen molar-refractivity contribution in [3.8, 4) is 0 Å². The third kappa shape index (κ3) is 2.02. The molecule has 0 N–H and O–H groups in total. The third-order valence-corrected chi connectivity index (χ3v) is 3.41. The highest BCUT2D eigenvalue weighted by molar-refractivity contribution is 6.31. The quantitative estimate of drug-likeness (QED) is 0.806. The van der Waals surface area contributed by atoms with Crippen molar-refractivity contribution < 1.29 is 14.3 Å². The van der Waals surface area contributed by atoms with Gasteiger partial charge in [0, 0.05) is 17.6 Å². The van der Waals surface area contributed by atoms with E-state index in [1.165, 1.54) is 0 Å². The van der Waals surface area contributed by atoms with Crippen LogP contribution in [0.3, 0.4) is 0 Å². The van der Waals surface area contributed by atoms with Crippen LogP contribution in [0.25, 0.3) is 0 Å². The van der Waals surface area contributed by atoms with Crippen molar-refractivity contribution in [2.75, 3.05) is 0 Å². The minimum Gasteiger partial charge on any atom is -0.550 e. The third-order valence-electron chi connectivity index (χ3n) is 2.94. The summed E-state index contributed by atoms with van der Waals surface area (Å²) in [5.41, 5.74) is 1.31. The van der Waals surface area contributed by atoms with Gasteiger partial charge in [0.25, 0.3) is 0 Å². The Labute approximate surface area is 97.3 Å². The molecule has 0 radical (unpaired) electrons. The second-order valence-corrected chi connectivity index (χ2v) is 4.49. The van der Waals surface area contributed by atoms with Crippen LogP contribution in [0.4, 0.5) is 4.39 Å². The highest BCUT2D eigenvalue weighted by atomic mass is 35.5. The number of carbonyl (C=O) groups excluding carboxylic acids is 1. The molecule has 1 aromatic rings. The second-order valence-electron chi connectivity index (χ2n) is 4.11. The molecule has 2 atom stereocenters. The molecule has 2 rings (SSSR count). The lowest BCUT2D eigenvalue weighted by Gasteiger charge is -2.07. The van der Waals surface area contributed by atoms with Gasteiger partial charge in [-0.1, -0.05) is 11.6 Å². The van der Waals surface area contributed by atoms with Crippen molar-refractivity contribution in [2.45, 2.75) is 25.7 Å². The lowest BCUT2D eigenvalue weighted by molar-refractivity contribution is -0.306. The van der Waals surface area contributed by atoms with Crippen LogP contribution in [0.2, 0.25) is 5.02 Å². The number of aromatic nitrogens is 1. The van der Waals surface area contributed by atoms with Crippen LogP contribution >= 0.6 is 11.6 Å². The van der Waals surface area contributed by atoms with E-state index in [2.05, 4.69) is 4.98 Å². The second kappa shape index (κ2) is 4.01. The van der Waals surface area contributed by atoms with E-state index in [4.69, 9.17) is 11.6 Å². The fourth-order valence-electron chi connectivity index (χ4n) is 1.97. The molecule has 3 nitrogen and oxygen atoms in total. The van der Waals surface area contributed by atoms with E-state index >= 15 is 0 Å². The zero-order chi connectivity index (χ0) is 11.9. The number of carbonyl (C=O) groups is 1. The van der Waals surface area contributed by atoms with Crippen molar-refractivity contribution in [1.29, 1.82) is 0 Å². The Balaban J connectivity index is 2.18. The Morgan fingerprint density at radius 2 is 2.44 bits per heavy atom. The van der Waals surface area contributed by atoms with E-state index in [0.717, 1.165) is 12.6 Å². The van der Waals surface area contributed by atoms with Crippen LogP contribution in [0.5, 0.6) is 0 Å². The van der Waals surface area contributed by atoms with Gasteiger partial charge in [-0.05, 0) is 31.2 Å². The lowest BCUT2D eigenvalue weighted by Crippen LogP contribution is -2.22. The summed E-state index contributed by atoms with van der Waals surface area (Å²) in [6, 6.07) is 0. The van der Waals surface area contributed by atoms with Crippen molar-refractivity contribution in [2.24, 2.45) is 5.92 Å². The molecule has 0 aliphatic heterocycles. The number of nitrogens with zero attached hydrogens (tertiary/aromatic N) is 1. The zero-order valence-electron chi connectivity index (χ0n) is 8.67. The number of hydrogen-bond donors (Lipinski definition) is 0. The molecule has 1 fully saturated rings. The number of carboxylic acids is 1. The van der Waals surface area contributed by atoms with Crippen LogP contribution in [-0.4, -0.2) is 11.0 Å². The van der Waals surface area contributed by atoms with Gasteiger partial charge in [0.2, 0.25) is 0 Å². The summed E-state index contributed by atoms with van der Waals surface area (Å²) >= 11 is 5.76. The molecule has 16 heavy (non-hydrogen) atoms. The molecule has 0 amide bonds. The summed E-state index contributed by atoms with van der Waals surface area (Å²) in [6.45, 7) is 1.70. The number of hydrogen-bond acceptors (Lipinski definition) is 3. The highest BCUT2D eigenvalue weighted by Gasteiger charge is 2.40. The molecular weight excluding hydrogens is 233 g/mol. The first kappa shape index (κ1) is 11.3.